The third kappa shape index (κ3) is 9.88. The minimum atomic E-state index is 0.933. The first-order valence-electron chi connectivity index (χ1n) is 4.54. The van der Waals surface area contributed by atoms with Gasteiger partial charge < -0.3 is 16.0 Å². The molecule has 0 aromatic rings. The van der Waals surface area contributed by atoms with E-state index in [0.717, 1.165) is 32.8 Å². The SMILES string of the molecule is CCNCCCNCNCC. The molecule has 11 heavy (non-hydrogen) atoms. The number of rotatable bonds is 8. The van der Waals surface area contributed by atoms with E-state index < -0.39 is 0 Å². The summed E-state index contributed by atoms with van der Waals surface area (Å²) >= 11 is 0. The topological polar surface area (TPSA) is 36.1 Å². The molecular formula is C8H21N3. The quantitative estimate of drug-likeness (QED) is 0.348. The Balaban J connectivity index is 2.69. The van der Waals surface area contributed by atoms with Crippen LogP contribution in [0.5, 0.6) is 0 Å². The molecule has 3 nitrogen and oxygen atoms in total. The highest BCUT2D eigenvalue weighted by molar-refractivity contribution is 4.48. The van der Waals surface area contributed by atoms with Crippen LogP contribution < -0.4 is 16.0 Å². The minimum Gasteiger partial charge on any atom is -0.317 e. The summed E-state index contributed by atoms with van der Waals surface area (Å²) in [4.78, 5) is 0. The van der Waals surface area contributed by atoms with Gasteiger partial charge in [-0.15, -0.1) is 0 Å². The van der Waals surface area contributed by atoms with Crippen LogP contribution in [0.15, 0.2) is 0 Å². The van der Waals surface area contributed by atoms with Gasteiger partial charge in [-0.25, -0.2) is 0 Å². The van der Waals surface area contributed by atoms with E-state index >= 15 is 0 Å². The molecule has 68 valence electrons. The van der Waals surface area contributed by atoms with Gasteiger partial charge >= 0.3 is 0 Å². The third-order valence-corrected chi connectivity index (χ3v) is 1.46. The van der Waals surface area contributed by atoms with Crippen LogP contribution in [0.4, 0.5) is 0 Å². The Labute approximate surface area is 69.9 Å². The lowest BCUT2D eigenvalue weighted by molar-refractivity contribution is 0.564. The highest BCUT2D eigenvalue weighted by atomic mass is 15.0. The van der Waals surface area contributed by atoms with Gasteiger partial charge in [0.05, 0.1) is 0 Å². The molecule has 0 unspecified atom stereocenters. The Bertz CT molecular complexity index is 58.4. The summed E-state index contributed by atoms with van der Waals surface area (Å²) in [5.74, 6) is 0. The van der Waals surface area contributed by atoms with Gasteiger partial charge in [0.2, 0.25) is 0 Å². The van der Waals surface area contributed by atoms with Crippen molar-refractivity contribution in [1.29, 1.82) is 0 Å². The third-order valence-electron chi connectivity index (χ3n) is 1.46. The van der Waals surface area contributed by atoms with E-state index in [4.69, 9.17) is 0 Å². The van der Waals surface area contributed by atoms with Crippen molar-refractivity contribution in [1.82, 2.24) is 16.0 Å². The van der Waals surface area contributed by atoms with Crippen LogP contribution >= 0.6 is 0 Å². The Hall–Kier alpha value is -0.120. The van der Waals surface area contributed by atoms with Gasteiger partial charge in [-0.2, -0.15) is 0 Å². The second-order valence-electron chi connectivity index (χ2n) is 2.49. The molecule has 3 heteroatoms. The molecule has 0 rings (SSSR count). The Morgan fingerprint density at radius 3 is 2.09 bits per heavy atom. The van der Waals surface area contributed by atoms with E-state index in [1.807, 2.05) is 0 Å². The van der Waals surface area contributed by atoms with Crippen molar-refractivity contribution < 1.29 is 0 Å². The van der Waals surface area contributed by atoms with Gasteiger partial charge in [0, 0.05) is 6.67 Å². The second kappa shape index (κ2) is 9.88. The molecule has 0 fully saturated rings. The van der Waals surface area contributed by atoms with Gasteiger partial charge in [-0.05, 0) is 32.6 Å². The van der Waals surface area contributed by atoms with E-state index in [-0.39, 0.29) is 0 Å². The van der Waals surface area contributed by atoms with E-state index in [1.165, 1.54) is 6.42 Å². The standard InChI is InChI=1S/C8H21N3/c1-3-9-6-5-7-11-8-10-4-2/h9-11H,3-8H2,1-2H3. The lowest BCUT2D eigenvalue weighted by atomic mass is 10.4. The second-order valence-corrected chi connectivity index (χ2v) is 2.49. The maximum absolute atomic E-state index is 3.29. The summed E-state index contributed by atoms with van der Waals surface area (Å²) in [7, 11) is 0. The summed E-state index contributed by atoms with van der Waals surface area (Å²) in [5, 5.41) is 9.78. The molecule has 0 aromatic heterocycles. The molecule has 0 aliphatic carbocycles. The normalized spacial score (nSPS) is 10.4. The molecule has 0 radical (unpaired) electrons. The highest BCUT2D eigenvalue weighted by Gasteiger charge is 1.85. The molecule has 0 heterocycles. The Morgan fingerprint density at radius 2 is 1.45 bits per heavy atom. The average Bonchev–Trinajstić information content (AvgIpc) is 2.03. The minimum absolute atomic E-state index is 0.933. The molecule has 0 saturated carbocycles. The van der Waals surface area contributed by atoms with Crippen molar-refractivity contribution in [2.75, 3.05) is 32.8 Å². The van der Waals surface area contributed by atoms with Crippen molar-refractivity contribution in [2.24, 2.45) is 0 Å². The number of hydrogen-bond acceptors (Lipinski definition) is 3. The Morgan fingerprint density at radius 1 is 0.818 bits per heavy atom. The van der Waals surface area contributed by atoms with Crippen molar-refractivity contribution in [2.45, 2.75) is 20.3 Å². The lowest BCUT2D eigenvalue weighted by Crippen LogP contribution is -2.30. The molecule has 0 saturated heterocycles. The van der Waals surface area contributed by atoms with E-state index in [2.05, 4.69) is 29.8 Å². The number of nitrogens with one attached hydrogen (secondary N) is 3. The summed E-state index contributed by atoms with van der Waals surface area (Å²) < 4.78 is 0. The predicted octanol–water partition coefficient (Wildman–Crippen LogP) is 0.143. The fourth-order valence-corrected chi connectivity index (χ4v) is 0.817. The van der Waals surface area contributed by atoms with Gasteiger partial charge in [-0.1, -0.05) is 13.8 Å². The first kappa shape index (κ1) is 10.9. The molecule has 0 aromatic carbocycles. The van der Waals surface area contributed by atoms with E-state index in [9.17, 15) is 0 Å². The first-order chi connectivity index (χ1) is 5.41. The maximum atomic E-state index is 3.29. The molecule has 0 atom stereocenters. The zero-order valence-electron chi connectivity index (χ0n) is 7.74. The first-order valence-corrected chi connectivity index (χ1v) is 4.54. The molecule has 0 aliphatic rings. The van der Waals surface area contributed by atoms with Gasteiger partial charge in [-0.3, -0.25) is 0 Å². The van der Waals surface area contributed by atoms with Crippen molar-refractivity contribution >= 4 is 0 Å². The zero-order chi connectivity index (χ0) is 8.36. The fraction of sp³-hybridized carbons (Fsp3) is 1.00. The van der Waals surface area contributed by atoms with Crippen LogP contribution in [0.3, 0.4) is 0 Å². The molecule has 0 amide bonds. The molecule has 3 N–H and O–H groups in total. The summed E-state index contributed by atoms with van der Waals surface area (Å²) in [6.07, 6.45) is 1.21. The van der Waals surface area contributed by atoms with Crippen LogP contribution in [0.1, 0.15) is 20.3 Å². The summed E-state index contributed by atoms with van der Waals surface area (Å²) in [5.41, 5.74) is 0. The maximum Gasteiger partial charge on any atom is 0.0454 e. The smallest absolute Gasteiger partial charge is 0.0454 e. The van der Waals surface area contributed by atoms with Crippen LogP contribution in [0, 0.1) is 0 Å². The molecular weight excluding hydrogens is 138 g/mol. The van der Waals surface area contributed by atoms with E-state index in [1.54, 1.807) is 0 Å². The van der Waals surface area contributed by atoms with Crippen molar-refractivity contribution in [3.63, 3.8) is 0 Å². The van der Waals surface area contributed by atoms with E-state index in [0.29, 0.717) is 0 Å². The van der Waals surface area contributed by atoms with Crippen LogP contribution in [0.25, 0.3) is 0 Å². The van der Waals surface area contributed by atoms with Gasteiger partial charge in [0.1, 0.15) is 0 Å². The van der Waals surface area contributed by atoms with Crippen molar-refractivity contribution in [3.05, 3.63) is 0 Å². The average molecular weight is 159 g/mol. The zero-order valence-corrected chi connectivity index (χ0v) is 7.74. The summed E-state index contributed by atoms with van der Waals surface area (Å²) in [6.45, 7) is 9.51. The molecule has 0 bridgehead atoms. The largest absolute Gasteiger partial charge is 0.317 e. The highest BCUT2D eigenvalue weighted by Crippen LogP contribution is 1.70. The molecule has 0 spiro atoms. The predicted molar refractivity (Wildman–Crippen MR) is 49.7 cm³/mol. The molecule has 0 aliphatic heterocycles. The number of hydrogen-bond donors (Lipinski definition) is 3. The van der Waals surface area contributed by atoms with Crippen LogP contribution in [0.2, 0.25) is 0 Å². The van der Waals surface area contributed by atoms with Crippen molar-refractivity contribution in [3.8, 4) is 0 Å². The van der Waals surface area contributed by atoms with Crippen LogP contribution in [-0.4, -0.2) is 32.8 Å². The van der Waals surface area contributed by atoms with Gasteiger partial charge in [0.25, 0.3) is 0 Å². The lowest BCUT2D eigenvalue weighted by Gasteiger charge is -2.04. The fourth-order valence-electron chi connectivity index (χ4n) is 0.817. The van der Waals surface area contributed by atoms with Gasteiger partial charge in [0.15, 0.2) is 0 Å². The summed E-state index contributed by atoms with van der Waals surface area (Å²) in [6, 6.07) is 0. The van der Waals surface area contributed by atoms with Crippen LogP contribution in [-0.2, 0) is 0 Å². The monoisotopic (exact) mass is 159 g/mol. The Kier molecular flexibility index (Phi) is 9.77.